The monoisotopic (exact) mass is 396 g/mol. The molecule has 7 heteroatoms. The van der Waals surface area contributed by atoms with Crippen LogP contribution in [-0.2, 0) is 11.3 Å². The number of aryl methyl sites for hydroxylation is 1. The van der Waals surface area contributed by atoms with E-state index in [1.165, 1.54) is 0 Å². The molecule has 4 heterocycles. The largest absolute Gasteiger partial charge is 0.478 e. The van der Waals surface area contributed by atoms with Crippen molar-refractivity contribution in [2.24, 2.45) is 0 Å². The highest BCUT2D eigenvalue weighted by atomic mass is 16.5. The molecule has 3 aliphatic rings. The van der Waals surface area contributed by atoms with E-state index < -0.39 is 0 Å². The zero-order chi connectivity index (χ0) is 19.8. The minimum atomic E-state index is -0.109. The lowest BCUT2D eigenvalue weighted by molar-refractivity contribution is 0.0239. The lowest BCUT2D eigenvalue weighted by Gasteiger charge is -2.33. The summed E-state index contributed by atoms with van der Waals surface area (Å²) in [5, 5.41) is 0. The smallest absolute Gasteiger partial charge is 0.232 e. The summed E-state index contributed by atoms with van der Waals surface area (Å²) < 4.78 is 22.8. The van der Waals surface area contributed by atoms with Crippen molar-refractivity contribution in [1.82, 2.24) is 9.80 Å². The maximum atomic E-state index is 12.9. The molecule has 1 aromatic carbocycles. The second-order valence-corrected chi connectivity index (χ2v) is 7.61. The van der Waals surface area contributed by atoms with Crippen molar-refractivity contribution in [3.63, 3.8) is 0 Å². The van der Waals surface area contributed by atoms with Gasteiger partial charge in [-0.3, -0.25) is 14.6 Å². The van der Waals surface area contributed by atoms with Gasteiger partial charge in [0.25, 0.3) is 0 Å². The number of carbonyl (C=O) groups excluding carboxylic acids is 1. The molecule has 0 atom stereocenters. The first-order valence-electron chi connectivity index (χ1n) is 9.98. The van der Waals surface area contributed by atoms with Gasteiger partial charge in [-0.05, 0) is 30.7 Å². The maximum Gasteiger partial charge on any atom is 0.232 e. The number of Topliss-reactive ketones (excluding diaryl/α,β-unsaturated/α-hetero) is 1. The predicted octanol–water partition coefficient (Wildman–Crippen LogP) is 2.69. The number of rotatable bonds is 4. The van der Waals surface area contributed by atoms with E-state index in [9.17, 15) is 4.79 Å². The van der Waals surface area contributed by atoms with E-state index in [4.69, 9.17) is 18.6 Å². The van der Waals surface area contributed by atoms with Gasteiger partial charge in [-0.25, -0.2) is 0 Å². The van der Waals surface area contributed by atoms with E-state index in [0.717, 1.165) is 56.3 Å². The quantitative estimate of drug-likeness (QED) is 0.736. The molecule has 29 heavy (non-hydrogen) atoms. The topological polar surface area (TPSA) is 64.4 Å². The second-order valence-electron chi connectivity index (χ2n) is 7.61. The molecule has 0 N–H and O–H groups in total. The Morgan fingerprint density at radius 2 is 2.00 bits per heavy atom. The number of benzene rings is 1. The van der Waals surface area contributed by atoms with Crippen LogP contribution in [0.5, 0.6) is 11.5 Å². The molecule has 3 aliphatic heterocycles. The summed E-state index contributed by atoms with van der Waals surface area (Å²) in [7, 11) is 0. The summed E-state index contributed by atoms with van der Waals surface area (Å²) in [6.07, 6.45) is 3.22. The lowest BCUT2D eigenvalue weighted by Crippen LogP contribution is -2.43. The SMILES string of the molecule is Cc1cc2c(c3c1C(=O)/C(=C/c1ccco1)O3)CN(CCN1CCOCC1)CO2. The van der Waals surface area contributed by atoms with E-state index in [1.807, 2.05) is 13.0 Å². The van der Waals surface area contributed by atoms with Crippen LogP contribution >= 0.6 is 0 Å². The molecule has 7 nitrogen and oxygen atoms in total. The number of hydrogen-bond acceptors (Lipinski definition) is 7. The molecule has 5 rings (SSSR count). The minimum absolute atomic E-state index is 0.109. The first kappa shape index (κ1) is 18.4. The van der Waals surface area contributed by atoms with Crippen LogP contribution in [0.2, 0.25) is 0 Å². The average Bonchev–Trinajstić information content (AvgIpc) is 3.36. The molecule has 1 fully saturated rings. The summed E-state index contributed by atoms with van der Waals surface area (Å²) >= 11 is 0. The van der Waals surface area contributed by atoms with Crippen LogP contribution in [0, 0.1) is 6.92 Å². The van der Waals surface area contributed by atoms with Gasteiger partial charge in [0, 0.05) is 38.8 Å². The molecule has 0 saturated carbocycles. The number of nitrogens with zero attached hydrogens (tertiary/aromatic N) is 2. The van der Waals surface area contributed by atoms with Crippen molar-refractivity contribution in [2.75, 3.05) is 46.1 Å². The Bertz CT molecular complexity index is 945. The van der Waals surface area contributed by atoms with E-state index in [0.29, 0.717) is 30.3 Å². The van der Waals surface area contributed by atoms with Crippen LogP contribution in [0.3, 0.4) is 0 Å². The third kappa shape index (κ3) is 3.57. The molecule has 0 bridgehead atoms. The van der Waals surface area contributed by atoms with Gasteiger partial charge in [0.2, 0.25) is 5.78 Å². The first-order chi connectivity index (χ1) is 14.2. The summed E-state index contributed by atoms with van der Waals surface area (Å²) in [6, 6.07) is 5.53. The van der Waals surface area contributed by atoms with Gasteiger partial charge in [-0.1, -0.05) is 0 Å². The van der Waals surface area contributed by atoms with Gasteiger partial charge in [0.1, 0.15) is 24.0 Å². The van der Waals surface area contributed by atoms with Gasteiger partial charge in [-0.15, -0.1) is 0 Å². The van der Waals surface area contributed by atoms with Crippen molar-refractivity contribution in [1.29, 1.82) is 0 Å². The number of ether oxygens (including phenoxy) is 3. The van der Waals surface area contributed by atoms with Gasteiger partial charge < -0.3 is 18.6 Å². The van der Waals surface area contributed by atoms with Crippen molar-refractivity contribution < 1.29 is 23.4 Å². The Balaban J connectivity index is 1.37. The third-order valence-corrected chi connectivity index (χ3v) is 5.64. The molecule has 0 amide bonds. The first-order valence-corrected chi connectivity index (χ1v) is 9.98. The molecular weight excluding hydrogens is 372 g/mol. The van der Waals surface area contributed by atoms with Crippen molar-refractivity contribution in [3.8, 4) is 11.5 Å². The molecule has 152 valence electrons. The van der Waals surface area contributed by atoms with E-state index in [2.05, 4.69) is 9.80 Å². The molecule has 1 saturated heterocycles. The van der Waals surface area contributed by atoms with Crippen LogP contribution in [0.25, 0.3) is 6.08 Å². The Morgan fingerprint density at radius 1 is 1.17 bits per heavy atom. The highest BCUT2D eigenvalue weighted by Crippen LogP contribution is 2.44. The highest BCUT2D eigenvalue weighted by molar-refractivity contribution is 6.15. The fourth-order valence-electron chi connectivity index (χ4n) is 4.03. The number of furan rings is 1. The molecule has 0 aliphatic carbocycles. The van der Waals surface area contributed by atoms with Gasteiger partial charge in [0.05, 0.1) is 30.6 Å². The van der Waals surface area contributed by atoms with E-state index in [-0.39, 0.29) is 11.5 Å². The third-order valence-electron chi connectivity index (χ3n) is 5.64. The van der Waals surface area contributed by atoms with Crippen molar-refractivity contribution in [2.45, 2.75) is 13.5 Å². The zero-order valence-electron chi connectivity index (χ0n) is 16.5. The van der Waals surface area contributed by atoms with Crippen LogP contribution in [0.15, 0.2) is 34.6 Å². The molecule has 0 spiro atoms. The zero-order valence-corrected chi connectivity index (χ0v) is 16.5. The summed E-state index contributed by atoms with van der Waals surface area (Å²) in [5.74, 6) is 2.20. The Kier molecular flexibility index (Phi) is 4.87. The van der Waals surface area contributed by atoms with Gasteiger partial charge >= 0.3 is 0 Å². The van der Waals surface area contributed by atoms with Crippen LogP contribution < -0.4 is 9.47 Å². The summed E-state index contributed by atoms with van der Waals surface area (Å²) in [4.78, 5) is 17.6. The number of morpholine rings is 1. The van der Waals surface area contributed by atoms with Crippen molar-refractivity contribution >= 4 is 11.9 Å². The molecular formula is C22H24N2O5. The number of hydrogen-bond donors (Lipinski definition) is 0. The number of fused-ring (bicyclic) bond motifs is 3. The number of ketones is 1. The van der Waals surface area contributed by atoms with Crippen LogP contribution in [-0.4, -0.2) is 61.7 Å². The fourth-order valence-corrected chi connectivity index (χ4v) is 4.03. The Hall–Kier alpha value is -2.61. The minimum Gasteiger partial charge on any atom is -0.478 e. The second kappa shape index (κ2) is 7.67. The maximum absolute atomic E-state index is 12.9. The number of carbonyl (C=O) groups is 1. The molecule has 0 radical (unpaired) electrons. The fraction of sp³-hybridized carbons (Fsp3) is 0.409. The average molecular weight is 396 g/mol. The highest BCUT2D eigenvalue weighted by Gasteiger charge is 2.35. The molecule has 0 unspecified atom stereocenters. The van der Waals surface area contributed by atoms with E-state index in [1.54, 1.807) is 24.5 Å². The Labute approximate surface area is 169 Å². The number of allylic oxidation sites excluding steroid dienone is 1. The summed E-state index contributed by atoms with van der Waals surface area (Å²) in [6.45, 7) is 8.56. The summed E-state index contributed by atoms with van der Waals surface area (Å²) in [5.41, 5.74) is 2.43. The molecule has 2 aromatic rings. The lowest BCUT2D eigenvalue weighted by atomic mass is 9.99. The standard InChI is InChI=1S/C22H24N2O5/c1-15-11-18-17(13-24(14-28-18)5-4-23-6-9-26-10-7-23)22-20(15)21(25)19(29-22)12-16-3-2-8-27-16/h2-3,8,11-12H,4-7,9-10,13-14H2,1H3/b19-12-. The van der Waals surface area contributed by atoms with Crippen molar-refractivity contribution in [3.05, 3.63) is 52.7 Å². The predicted molar refractivity (Wildman–Crippen MR) is 106 cm³/mol. The van der Waals surface area contributed by atoms with Gasteiger partial charge in [-0.2, -0.15) is 0 Å². The normalized spacial score (nSPS) is 21.0. The Morgan fingerprint density at radius 3 is 2.79 bits per heavy atom. The van der Waals surface area contributed by atoms with Gasteiger partial charge in [0.15, 0.2) is 5.76 Å². The van der Waals surface area contributed by atoms with Crippen LogP contribution in [0.1, 0.15) is 27.2 Å². The molecule has 1 aromatic heterocycles. The van der Waals surface area contributed by atoms with E-state index >= 15 is 0 Å². The van der Waals surface area contributed by atoms with Crippen LogP contribution in [0.4, 0.5) is 0 Å².